The number of unbranched alkanes of at least 4 members (excludes halogenated alkanes) is 3. The summed E-state index contributed by atoms with van der Waals surface area (Å²) >= 11 is 0. The molecule has 2 atom stereocenters. The SMILES string of the molecule is N#C/C=C1\CCCC2(CCCCCCO)OC12. The molecular formula is C14H21NO2. The molecule has 2 aliphatic rings. The zero-order chi connectivity index (χ0) is 12.1. The van der Waals surface area contributed by atoms with Gasteiger partial charge in [0.05, 0.1) is 11.7 Å². The van der Waals surface area contributed by atoms with Crippen molar-refractivity contribution in [3.05, 3.63) is 11.6 Å². The van der Waals surface area contributed by atoms with Crippen molar-refractivity contribution in [2.24, 2.45) is 0 Å². The van der Waals surface area contributed by atoms with Gasteiger partial charge in [-0.1, -0.05) is 19.3 Å². The summed E-state index contributed by atoms with van der Waals surface area (Å²) in [4.78, 5) is 0. The van der Waals surface area contributed by atoms with Crippen molar-refractivity contribution in [3.63, 3.8) is 0 Å². The second-order valence-corrected chi connectivity index (χ2v) is 5.15. The third kappa shape index (κ3) is 2.88. The van der Waals surface area contributed by atoms with Gasteiger partial charge in [-0.25, -0.2) is 0 Å². The van der Waals surface area contributed by atoms with Crippen LogP contribution in [0.2, 0.25) is 0 Å². The molecule has 0 amide bonds. The smallest absolute Gasteiger partial charge is 0.109 e. The lowest BCUT2D eigenvalue weighted by atomic mass is 9.82. The van der Waals surface area contributed by atoms with Crippen LogP contribution in [0.3, 0.4) is 0 Å². The van der Waals surface area contributed by atoms with E-state index in [4.69, 9.17) is 15.1 Å². The van der Waals surface area contributed by atoms with E-state index < -0.39 is 0 Å². The number of rotatable bonds is 6. The number of epoxide rings is 1. The average Bonchev–Trinajstić information content (AvgIpc) is 3.05. The molecule has 0 aromatic rings. The highest BCUT2D eigenvalue weighted by atomic mass is 16.6. The van der Waals surface area contributed by atoms with Crippen LogP contribution in [-0.4, -0.2) is 23.4 Å². The van der Waals surface area contributed by atoms with Gasteiger partial charge < -0.3 is 9.84 Å². The molecule has 0 spiro atoms. The first-order valence-corrected chi connectivity index (χ1v) is 6.70. The van der Waals surface area contributed by atoms with Gasteiger partial charge in [-0.05, 0) is 37.7 Å². The fourth-order valence-corrected chi connectivity index (χ4v) is 2.96. The molecule has 1 aliphatic heterocycles. The molecule has 1 saturated carbocycles. The molecule has 1 saturated heterocycles. The van der Waals surface area contributed by atoms with Crippen LogP contribution in [0.1, 0.15) is 51.4 Å². The van der Waals surface area contributed by atoms with E-state index in [-0.39, 0.29) is 11.7 Å². The molecule has 0 radical (unpaired) electrons. The molecule has 0 bridgehead atoms. The van der Waals surface area contributed by atoms with Crippen LogP contribution in [0.25, 0.3) is 0 Å². The van der Waals surface area contributed by atoms with Gasteiger partial charge >= 0.3 is 0 Å². The molecule has 0 aromatic heterocycles. The Bertz CT molecular complexity index is 332. The second-order valence-electron chi connectivity index (χ2n) is 5.15. The highest BCUT2D eigenvalue weighted by molar-refractivity contribution is 5.30. The Morgan fingerprint density at radius 3 is 3.00 bits per heavy atom. The van der Waals surface area contributed by atoms with Crippen molar-refractivity contribution >= 4 is 0 Å². The normalized spacial score (nSPS) is 33.2. The van der Waals surface area contributed by atoms with Crippen LogP contribution in [0, 0.1) is 11.3 Å². The minimum Gasteiger partial charge on any atom is -0.396 e. The molecule has 1 N–H and O–H groups in total. The maximum atomic E-state index is 8.71. The Kier molecular flexibility index (Phi) is 4.20. The van der Waals surface area contributed by atoms with Crippen molar-refractivity contribution in [2.45, 2.75) is 63.1 Å². The van der Waals surface area contributed by atoms with E-state index in [9.17, 15) is 0 Å². The number of allylic oxidation sites excluding steroid dienone is 1. The van der Waals surface area contributed by atoms with E-state index in [1.165, 1.54) is 18.4 Å². The van der Waals surface area contributed by atoms with Gasteiger partial charge in [-0.3, -0.25) is 0 Å². The summed E-state index contributed by atoms with van der Waals surface area (Å²) in [6.45, 7) is 0.305. The Balaban J connectivity index is 1.75. The summed E-state index contributed by atoms with van der Waals surface area (Å²) in [6, 6.07) is 2.13. The van der Waals surface area contributed by atoms with Crippen molar-refractivity contribution in [2.75, 3.05) is 6.61 Å². The van der Waals surface area contributed by atoms with Crippen molar-refractivity contribution in [1.82, 2.24) is 0 Å². The van der Waals surface area contributed by atoms with Gasteiger partial charge in [-0.15, -0.1) is 0 Å². The van der Waals surface area contributed by atoms with Crippen LogP contribution in [-0.2, 0) is 4.74 Å². The minimum atomic E-state index is 0.0835. The van der Waals surface area contributed by atoms with Crippen molar-refractivity contribution in [3.8, 4) is 6.07 Å². The highest BCUT2D eigenvalue weighted by Gasteiger charge is 2.58. The summed E-state index contributed by atoms with van der Waals surface area (Å²) in [7, 11) is 0. The van der Waals surface area contributed by atoms with Crippen LogP contribution in [0.4, 0.5) is 0 Å². The van der Waals surface area contributed by atoms with Crippen LogP contribution < -0.4 is 0 Å². The first kappa shape index (κ1) is 12.6. The molecular weight excluding hydrogens is 214 g/mol. The van der Waals surface area contributed by atoms with E-state index in [2.05, 4.69) is 6.07 Å². The third-order valence-corrected chi connectivity index (χ3v) is 3.93. The molecule has 1 aliphatic carbocycles. The molecule has 0 aromatic carbocycles. The van der Waals surface area contributed by atoms with E-state index in [0.29, 0.717) is 6.61 Å². The van der Waals surface area contributed by atoms with Crippen LogP contribution >= 0.6 is 0 Å². The Morgan fingerprint density at radius 2 is 2.24 bits per heavy atom. The summed E-state index contributed by atoms with van der Waals surface area (Å²) in [5.74, 6) is 0. The number of hydrogen-bond acceptors (Lipinski definition) is 3. The van der Waals surface area contributed by atoms with Gasteiger partial charge in [-0.2, -0.15) is 5.26 Å². The maximum Gasteiger partial charge on any atom is 0.109 e. The number of ether oxygens (including phenoxy) is 1. The lowest BCUT2D eigenvalue weighted by Gasteiger charge is -2.18. The number of nitrogens with zero attached hydrogens (tertiary/aromatic N) is 1. The summed E-state index contributed by atoms with van der Waals surface area (Å²) < 4.78 is 5.87. The molecule has 94 valence electrons. The molecule has 2 unspecified atom stereocenters. The summed E-state index contributed by atoms with van der Waals surface area (Å²) in [6.07, 6.45) is 10.8. The summed E-state index contributed by atoms with van der Waals surface area (Å²) in [5.41, 5.74) is 1.29. The monoisotopic (exact) mass is 235 g/mol. The molecule has 17 heavy (non-hydrogen) atoms. The van der Waals surface area contributed by atoms with Gasteiger partial charge in [0, 0.05) is 12.7 Å². The number of hydrogen-bond donors (Lipinski definition) is 1. The molecule has 3 nitrogen and oxygen atoms in total. The Morgan fingerprint density at radius 1 is 1.41 bits per heavy atom. The number of aliphatic hydroxyl groups is 1. The van der Waals surface area contributed by atoms with Gasteiger partial charge in [0.1, 0.15) is 6.10 Å². The lowest BCUT2D eigenvalue weighted by Crippen LogP contribution is -2.20. The third-order valence-electron chi connectivity index (χ3n) is 3.93. The first-order valence-electron chi connectivity index (χ1n) is 6.70. The number of fused-ring (bicyclic) bond motifs is 1. The van der Waals surface area contributed by atoms with Crippen LogP contribution in [0.15, 0.2) is 11.6 Å². The predicted molar refractivity (Wildman–Crippen MR) is 65.3 cm³/mol. The van der Waals surface area contributed by atoms with E-state index in [1.54, 1.807) is 6.08 Å². The van der Waals surface area contributed by atoms with Gasteiger partial charge in [0.2, 0.25) is 0 Å². The fourth-order valence-electron chi connectivity index (χ4n) is 2.96. The zero-order valence-electron chi connectivity index (χ0n) is 10.3. The van der Waals surface area contributed by atoms with E-state index in [1.807, 2.05) is 0 Å². The number of aliphatic hydroxyl groups excluding tert-OH is 1. The number of nitriles is 1. The van der Waals surface area contributed by atoms with Crippen molar-refractivity contribution < 1.29 is 9.84 Å². The fraction of sp³-hybridized carbons (Fsp3) is 0.786. The molecule has 2 rings (SSSR count). The summed E-state index contributed by atoms with van der Waals surface area (Å²) in [5, 5.41) is 17.4. The highest BCUT2D eigenvalue weighted by Crippen LogP contribution is 2.53. The molecule has 2 fully saturated rings. The predicted octanol–water partition coefficient (Wildman–Crippen LogP) is 2.70. The molecule has 1 heterocycles. The van der Waals surface area contributed by atoms with Gasteiger partial charge in [0.25, 0.3) is 0 Å². The lowest BCUT2D eigenvalue weighted by molar-refractivity contribution is 0.259. The largest absolute Gasteiger partial charge is 0.396 e. The van der Waals surface area contributed by atoms with Crippen LogP contribution in [0.5, 0.6) is 0 Å². The minimum absolute atomic E-state index is 0.0835. The van der Waals surface area contributed by atoms with Gasteiger partial charge in [0.15, 0.2) is 0 Å². The Labute approximate surface area is 103 Å². The second kappa shape index (κ2) is 5.66. The average molecular weight is 235 g/mol. The zero-order valence-corrected chi connectivity index (χ0v) is 10.3. The van der Waals surface area contributed by atoms with E-state index >= 15 is 0 Å². The van der Waals surface area contributed by atoms with Crippen molar-refractivity contribution in [1.29, 1.82) is 5.26 Å². The topological polar surface area (TPSA) is 56.5 Å². The maximum absolute atomic E-state index is 8.71. The first-order chi connectivity index (χ1) is 8.32. The molecule has 3 heteroatoms. The van der Waals surface area contributed by atoms with E-state index in [0.717, 1.165) is 38.5 Å². The standard InChI is InChI=1S/C14H21NO2/c15-10-7-12-6-5-9-14(13(12)17-14)8-3-1-2-4-11-16/h7,13,16H,1-6,8-9,11H2/b12-7+. The quantitative estimate of drug-likeness (QED) is 0.437. The Hall–Kier alpha value is -0.850.